The number of Topliss-reactive ketones (excluding diaryl/α,β-unsaturated/α-hetero) is 1. The van der Waals surface area contributed by atoms with Crippen molar-refractivity contribution in [3.63, 3.8) is 0 Å². The van der Waals surface area contributed by atoms with Gasteiger partial charge in [0.25, 0.3) is 0 Å². The first-order chi connectivity index (χ1) is 10.7. The van der Waals surface area contributed by atoms with Crippen LogP contribution in [0.5, 0.6) is 0 Å². The van der Waals surface area contributed by atoms with E-state index in [0.717, 1.165) is 31.6 Å². The van der Waals surface area contributed by atoms with E-state index < -0.39 is 11.0 Å². The first-order valence-corrected chi connectivity index (χ1v) is 9.44. The molecule has 2 bridgehead atoms. The van der Waals surface area contributed by atoms with Gasteiger partial charge >= 0.3 is 0 Å². The van der Waals surface area contributed by atoms with Gasteiger partial charge in [0.15, 0.2) is 5.78 Å². The van der Waals surface area contributed by atoms with Crippen molar-refractivity contribution < 1.29 is 9.53 Å². The van der Waals surface area contributed by atoms with Crippen LogP contribution >= 0.6 is 0 Å². The molecule has 130 valence electrons. The predicted octanol–water partition coefficient (Wildman–Crippen LogP) is 5.17. The number of hydrogen-bond acceptors (Lipinski definition) is 2. The van der Waals surface area contributed by atoms with E-state index in [1.807, 2.05) is 6.08 Å². The Morgan fingerprint density at radius 2 is 1.83 bits per heavy atom. The molecule has 0 N–H and O–H groups in total. The summed E-state index contributed by atoms with van der Waals surface area (Å²) in [6, 6.07) is 0. The van der Waals surface area contributed by atoms with Gasteiger partial charge in [0.05, 0.1) is 0 Å². The van der Waals surface area contributed by atoms with Gasteiger partial charge in [0.1, 0.15) is 5.60 Å². The molecule has 2 nitrogen and oxygen atoms in total. The first-order valence-electron chi connectivity index (χ1n) is 9.44. The maximum Gasteiger partial charge on any atom is 0.174 e. The van der Waals surface area contributed by atoms with Crippen LogP contribution in [0.4, 0.5) is 0 Å². The molecule has 0 amide bonds. The summed E-state index contributed by atoms with van der Waals surface area (Å²) in [6.07, 6.45) is 9.94. The summed E-state index contributed by atoms with van der Waals surface area (Å²) in [5.74, 6) is 1.61. The maximum absolute atomic E-state index is 13.6. The molecular weight excluding hydrogens is 284 g/mol. The van der Waals surface area contributed by atoms with Crippen LogP contribution in [-0.4, -0.2) is 18.5 Å². The molecule has 0 radical (unpaired) electrons. The van der Waals surface area contributed by atoms with Gasteiger partial charge in [-0.1, -0.05) is 26.3 Å². The second kappa shape index (κ2) is 5.18. The minimum absolute atomic E-state index is 0.0186. The highest BCUT2D eigenvalue weighted by Gasteiger charge is 2.68. The van der Waals surface area contributed by atoms with Crippen molar-refractivity contribution in [1.82, 2.24) is 0 Å². The van der Waals surface area contributed by atoms with Gasteiger partial charge in [-0.05, 0) is 69.6 Å². The van der Waals surface area contributed by atoms with E-state index in [9.17, 15) is 4.79 Å². The summed E-state index contributed by atoms with van der Waals surface area (Å²) in [7, 11) is 1.75. The lowest BCUT2D eigenvalue weighted by molar-refractivity contribution is -0.200. The van der Waals surface area contributed by atoms with Crippen molar-refractivity contribution in [3.05, 3.63) is 12.7 Å². The Morgan fingerprint density at radius 3 is 2.43 bits per heavy atom. The fourth-order valence-electron chi connectivity index (χ4n) is 6.61. The van der Waals surface area contributed by atoms with E-state index in [0.29, 0.717) is 11.3 Å². The predicted molar refractivity (Wildman–Crippen MR) is 94.2 cm³/mol. The van der Waals surface area contributed by atoms with Crippen LogP contribution in [0.1, 0.15) is 72.6 Å². The molecule has 0 spiro atoms. The molecule has 3 rings (SSSR count). The third kappa shape index (κ3) is 1.94. The lowest BCUT2D eigenvalue weighted by Gasteiger charge is -2.62. The second-order valence-corrected chi connectivity index (χ2v) is 9.23. The van der Waals surface area contributed by atoms with Gasteiger partial charge in [-0.15, -0.1) is 6.58 Å². The molecule has 3 aliphatic carbocycles. The van der Waals surface area contributed by atoms with Gasteiger partial charge in [-0.25, -0.2) is 0 Å². The highest BCUT2D eigenvalue weighted by Crippen LogP contribution is 2.69. The normalized spacial score (nSPS) is 53.3. The van der Waals surface area contributed by atoms with Crippen LogP contribution < -0.4 is 0 Å². The summed E-state index contributed by atoms with van der Waals surface area (Å²) in [6.45, 7) is 13.1. The molecule has 3 saturated carbocycles. The largest absolute Gasteiger partial charge is 0.370 e. The van der Waals surface area contributed by atoms with E-state index in [4.69, 9.17) is 4.74 Å². The summed E-state index contributed by atoms with van der Waals surface area (Å²) in [4.78, 5) is 13.6. The monoisotopic (exact) mass is 318 g/mol. The quantitative estimate of drug-likeness (QED) is 0.657. The fourth-order valence-corrected chi connectivity index (χ4v) is 6.61. The minimum atomic E-state index is -0.682. The molecule has 0 aromatic carbocycles. The zero-order chi connectivity index (χ0) is 17.1. The van der Waals surface area contributed by atoms with Crippen molar-refractivity contribution in [1.29, 1.82) is 0 Å². The van der Waals surface area contributed by atoms with Crippen molar-refractivity contribution in [2.75, 3.05) is 7.11 Å². The summed E-state index contributed by atoms with van der Waals surface area (Å²) in [5, 5.41) is 0. The summed E-state index contributed by atoms with van der Waals surface area (Å²) in [5.41, 5.74) is -0.813. The molecule has 0 saturated heterocycles. The Hall–Kier alpha value is -0.630. The number of carbonyl (C=O) groups is 1. The van der Waals surface area contributed by atoms with E-state index in [2.05, 4.69) is 34.3 Å². The Kier molecular flexibility index (Phi) is 3.87. The van der Waals surface area contributed by atoms with Gasteiger partial charge < -0.3 is 4.74 Å². The molecule has 2 heteroatoms. The fraction of sp³-hybridized carbons (Fsp3) is 0.857. The van der Waals surface area contributed by atoms with Crippen LogP contribution in [0.2, 0.25) is 0 Å². The number of ketones is 1. The Morgan fingerprint density at radius 1 is 1.13 bits per heavy atom. The summed E-state index contributed by atoms with van der Waals surface area (Å²) >= 11 is 0. The Balaban J connectivity index is 2.22. The molecule has 23 heavy (non-hydrogen) atoms. The molecular formula is C21H34O2. The Labute approximate surface area is 142 Å². The number of ether oxygens (including phenoxy) is 1. The van der Waals surface area contributed by atoms with Gasteiger partial charge in [0.2, 0.25) is 0 Å². The van der Waals surface area contributed by atoms with Crippen LogP contribution in [0.15, 0.2) is 12.7 Å². The standard InChI is InChI=1S/C21H34O2/c1-7-18(3)13-14-19(4)15(2)10-12-21(11-8-9-16(19)21)20(5,23-6)17(18)22/h7,15-16H,1,8-14H2,2-6H3. The number of methoxy groups -OCH3 is 1. The van der Waals surface area contributed by atoms with Gasteiger partial charge in [-0.2, -0.15) is 0 Å². The van der Waals surface area contributed by atoms with Crippen molar-refractivity contribution in [3.8, 4) is 0 Å². The number of carbonyl (C=O) groups excluding carboxylic acids is 1. The smallest absolute Gasteiger partial charge is 0.174 e. The molecule has 3 fully saturated rings. The SMILES string of the molecule is C=CC1(C)CCC2(C)C(C)CCC3(CCCC23)C(C)(OC)C1=O. The number of hydrogen-bond donors (Lipinski definition) is 0. The van der Waals surface area contributed by atoms with Crippen molar-refractivity contribution >= 4 is 5.78 Å². The zero-order valence-electron chi connectivity index (χ0n) is 15.7. The lowest BCUT2D eigenvalue weighted by atomic mass is 9.44. The van der Waals surface area contributed by atoms with Gasteiger partial charge in [0, 0.05) is 17.9 Å². The van der Waals surface area contributed by atoms with E-state index >= 15 is 0 Å². The van der Waals surface area contributed by atoms with Crippen LogP contribution in [0, 0.1) is 28.1 Å². The summed E-state index contributed by atoms with van der Waals surface area (Å²) < 4.78 is 6.10. The molecule has 0 aromatic heterocycles. The third-order valence-electron chi connectivity index (χ3n) is 8.67. The van der Waals surface area contributed by atoms with Crippen molar-refractivity contribution in [2.24, 2.45) is 28.1 Å². The second-order valence-electron chi connectivity index (χ2n) is 9.23. The minimum Gasteiger partial charge on any atom is -0.370 e. The topological polar surface area (TPSA) is 26.3 Å². The number of rotatable bonds is 2. The van der Waals surface area contributed by atoms with E-state index in [1.165, 1.54) is 19.3 Å². The average Bonchev–Trinajstić information content (AvgIpc) is 3.01. The van der Waals surface area contributed by atoms with Gasteiger partial charge in [-0.3, -0.25) is 4.79 Å². The van der Waals surface area contributed by atoms with Crippen LogP contribution in [0.25, 0.3) is 0 Å². The van der Waals surface area contributed by atoms with Crippen molar-refractivity contribution in [2.45, 2.75) is 78.2 Å². The van der Waals surface area contributed by atoms with Crippen LogP contribution in [-0.2, 0) is 9.53 Å². The maximum atomic E-state index is 13.6. The van der Waals surface area contributed by atoms with E-state index in [-0.39, 0.29) is 11.2 Å². The first kappa shape index (κ1) is 17.2. The molecule has 0 aromatic rings. The van der Waals surface area contributed by atoms with Crippen LogP contribution in [0.3, 0.4) is 0 Å². The molecule has 6 atom stereocenters. The highest BCUT2D eigenvalue weighted by atomic mass is 16.5. The molecule has 6 unspecified atom stereocenters. The average molecular weight is 319 g/mol. The molecule has 0 aliphatic heterocycles. The molecule has 3 aliphatic rings. The number of allylic oxidation sites excluding steroid dienone is 1. The Bertz CT molecular complexity index is 526. The third-order valence-corrected chi connectivity index (χ3v) is 8.67. The molecule has 0 heterocycles. The van der Waals surface area contributed by atoms with E-state index in [1.54, 1.807) is 7.11 Å². The zero-order valence-corrected chi connectivity index (χ0v) is 15.7. The lowest BCUT2D eigenvalue weighted by Crippen LogP contribution is -2.65. The highest BCUT2D eigenvalue weighted by molar-refractivity contribution is 5.94.